The molecule has 2 aromatic rings. The first-order valence-electron chi connectivity index (χ1n) is 6.79. The second-order valence-electron chi connectivity index (χ2n) is 4.62. The number of halogens is 1. The van der Waals surface area contributed by atoms with Crippen molar-refractivity contribution in [3.8, 4) is 0 Å². The lowest BCUT2D eigenvalue weighted by Gasteiger charge is -2.04. The standard InChI is InChI=1S/C14H19ClN4O/c1-2-6-17-14(20)5-7-16-8-12-10-19-9-11(15)3-4-13(19)18-12/h3-4,9-10,16H,2,5-8H2,1H3,(H,17,20). The van der Waals surface area contributed by atoms with Gasteiger partial charge in [-0.2, -0.15) is 0 Å². The highest BCUT2D eigenvalue weighted by Gasteiger charge is 2.03. The molecule has 20 heavy (non-hydrogen) atoms. The minimum absolute atomic E-state index is 0.0844. The van der Waals surface area contributed by atoms with Crippen molar-refractivity contribution < 1.29 is 4.79 Å². The lowest BCUT2D eigenvalue weighted by molar-refractivity contribution is -0.120. The lowest BCUT2D eigenvalue weighted by Crippen LogP contribution is -2.28. The second kappa shape index (κ2) is 7.26. The Kier molecular flexibility index (Phi) is 5.38. The number of nitrogens with one attached hydrogen (secondary N) is 2. The quantitative estimate of drug-likeness (QED) is 0.768. The zero-order valence-electron chi connectivity index (χ0n) is 11.5. The van der Waals surface area contributed by atoms with Crippen LogP contribution in [0, 0.1) is 0 Å². The third-order valence-corrected chi connectivity index (χ3v) is 3.10. The maximum atomic E-state index is 11.4. The van der Waals surface area contributed by atoms with Crippen LogP contribution in [0.25, 0.3) is 5.65 Å². The molecule has 0 aliphatic rings. The Bertz CT molecular complexity index is 582. The second-order valence-corrected chi connectivity index (χ2v) is 5.06. The SMILES string of the molecule is CCCNC(=O)CCNCc1cn2cc(Cl)ccc2n1. The van der Waals surface area contributed by atoms with Crippen LogP contribution in [0.2, 0.25) is 5.02 Å². The van der Waals surface area contributed by atoms with Gasteiger partial charge in [0.05, 0.1) is 10.7 Å². The van der Waals surface area contributed by atoms with Crippen molar-refractivity contribution in [2.75, 3.05) is 13.1 Å². The minimum atomic E-state index is 0.0844. The lowest BCUT2D eigenvalue weighted by atomic mass is 10.3. The van der Waals surface area contributed by atoms with Crippen LogP contribution in [0.5, 0.6) is 0 Å². The average molecular weight is 295 g/mol. The Morgan fingerprint density at radius 2 is 2.20 bits per heavy atom. The number of aromatic nitrogens is 2. The van der Waals surface area contributed by atoms with Crippen LogP contribution in [-0.2, 0) is 11.3 Å². The molecule has 5 nitrogen and oxygen atoms in total. The summed E-state index contributed by atoms with van der Waals surface area (Å²) in [5.41, 5.74) is 1.80. The molecule has 2 N–H and O–H groups in total. The molecule has 0 spiro atoms. The topological polar surface area (TPSA) is 58.4 Å². The Labute approximate surface area is 123 Å². The first-order chi connectivity index (χ1) is 9.69. The van der Waals surface area contributed by atoms with Gasteiger partial charge in [0.15, 0.2) is 0 Å². The van der Waals surface area contributed by atoms with Crippen molar-refractivity contribution >= 4 is 23.2 Å². The number of carbonyl (C=O) groups is 1. The van der Waals surface area contributed by atoms with Crippen LogP contribution in [0.15, 0.2) is 24.5 Å². The molecule has 0 saturated carbocycles. The Hall–Kier alpha value is -1.59. The largest absolute Gasteiger partial charge is 0.356 e. The number of hydrogen-bond donors (Lipinski definition) is 2. The summed E-state index contributed by atoms with van der Waals surface area (Å²) in [6, 6.07) is 3.70. The van der Waals surface area contributed by atoms with Gasteiger partial charge in [-0.3, -0.25) is 4.79 Å². The van der Waals surface area contributed by atoms with Crippen molar-refractivity contribution in [1.82, 2.24) is 20.0 Å². The van der Waals surface area contributed by atoms with E-state index in [2.05, 4.69) is 15.6 Å². The normalized spacial score (nSPS) is 10.9. The summed E-state index contributed by atoms with van der Waals surface area (Å²) in [7, 11) is 0. The summed E-state index contributed by atoms with van der Waals surface area (Å²) in [6.45, 7) is 4.06. The molecule has 2 heterocycles. The van der Waals surface area contributed by atoms with Crippen LogP contribution >= 0.6 is 11.6 Å². The maximum Gasteiger partial charge on any atom is 0.221 e. The van der Waals surface area contributed by atoms with Gasteiger partial charge in [-0.1, -0.05) is 18.5 Å². The Morgan fingerprint density at radius 3 is 3.00 bits per heavy atom. The highest BCUT2D eigenvalue weighted by molar-refractivity contribution is 6.30. The fourth-order valence-corrected chi connectivity index (χ4v) is 2.04. The Balaban J connectivity index is 1.77. The van der Waals surface area contributed by atoms with E-state index in [1.54, 1.807) is 0 Å². The summed E-state index contributed by atoms with van der Waals surface area (Å²) in [4.78, 5) is 15.9. The minimum Gasteiger partial charge on any atom is -0.356 e. The maximum absolute atomic E-state index is 11.4. The van der Waals surface area contributed by atoms with Crippen LogP contribution in [0.3, 0.4) is 0 Å². The van der Waals surface area contributed by atoms with E-state index >= 15 is 0 Å². The predicted octanol–water partition coefficient (Wildman–Crippen LogP) is 1.99. The predicted molar refractivity (Wildman–Crippen MR) is 79.8 cm³/mol. The van der Waals surface area contributed by atoms with Crippen LogP contribution in [-0.4, -0.2) is 28.4 Å². The van der Waals surface area contributed by atoms with E-state index in [4.69, 9.17) is 11.6 Å². The molecule has 0 unspecified atom stereocenters. The molecule has 108 valence electrons. The zero-order valence-corrected chi connectivity index (χ0v) is 12.3. The Morgan fingerprint density at radius 1 is 1.35 bits per heavy atom. The van der Waals surface area contributed by atoms with Gasteiger partial charge in [0.25, 0.3) is 0 Å². The number of fused-ring (bicyclic) bond motifs is 1. The summed E-state index contributed by atoms with van der Waals surface area (Å²) in [5, 5.41) is 6.74. The van der Waals surface area contributed by atoms with Crippen molar-refractivity contribution in [2.45, 2.75) is 26.3 Å². The zero-order chi connectivity index (χ0) is 14.4. The molecular weight excluding hydrogens is 276 g/mol. The fourth-order valence-electron chi connectivity index (χ4n) is 1.87. The molecule has 2 rings (SSSR count). The first kappa shape index (κ1) is 14.8. The van der Waals surface area contributed by atoms with E-state index in [-0.39, 0.29) is 5.91 Å². The number of hydrogen-bond acceptors (Lipinski definition) is 3. The van der Waals surface area contributed by atoms with Crippen molar-refractivity contribution in [2.24, 2.45) is 0 Å². The molecule has 0 aromatic carbocycles. The van der Waals surface area contributed by atoms with Gasteiger partial charge in [0.1, 0.15) is 5.65 Å². The van der Waals surface area contributed by atoms with E-state index in [0.717, 1.165) is 24.3 Å². The molecule has 0 aliphatic heterocycles. The van der Waals surface area contributed by atoms with Gasteiger partial charge in [-0.25, -0.2) is 4.98 Å². The van der Waals surface area contributed by atoms with E-state index in [1.165, 1.54) is 0 Å². The van der Waals surface area contributed by atoms with E-state index in [9.17, 15) is 4.79 Å². The molecule has 0 radical (unpaired) electrons. The average Bonchev–Trinajstić information content (AvgIpc) is 2.83. The summed E-state index contributed by atoms with van der Waals surface area (Å²) < 4.78 is 1.90. The van der Waals surface area contributed by atoms with Gasteiger partial charge < -0.3 is 15.0 Å². The molecule has 1 amide bonds. The monoisotopic (exact) mass is 294 g/mol. The molecule has 2 aromatic heterocycles. The van der Waals surface area contributed by atoms with Gasteiger partial charge in [0.2, 0.25) is 5.91 Å². The smallest absolute Gasteiger partial charge is 0.221 e. The number of imidazole rings is 1. The number of amides is 1. The summed E-state index contributed by atoms with van der Waals surface area (Å²) in [6.07, 6.45) is 5.21. The van der Waals surface area contributed by atoms with Crippen molar-refractivity contribution in [3.63, 3.8) is 0 Å². The highest BCUT2D eigenvalue weighted by Crippen LogP contribution is 2.11. The van der Waals surface area contributed by atoms with Gasteiger partial charge in [-0.15, -0.1) is 0 Å². The third-order valence-electron chi connectivity index (χ3n) is 2.87. The van der Waals surface area contributed by atoms with Gasteiger partial charge >= 0.3 is 0 Å². The van der Waals surface area contributed by atoms with Gasteiger partial charge in [-0.05, 0) is 18.6 Å². The van der Waals surface area contributed by atoms with Crippen LogP contribution in [0.4, 0.5) is 0 Å². The fraction of sp³-hybridized carbons (Fsp3) is 0.429. The number of pyridine rings is 1. The van der Waals surface area contributed by atoms with Crippen molar-refractivity contribution in [3.05, 3.63) is 35.2 Å². The first-order valence-corrected chi connectivity index (χ1v) is 7.17. The molecule has 0 aliphatic carbocycles. The van der Waals surface area contributed by atoms with E-state index in [1.807, 2.05) is 35.9 Å². The highest BCUT2D eigenvalue weighted by atomic mass is 35.5. The van der Waals surface area contributed by atoms with Crippen molar-refractivity contribution in [1.29, 1.82) is 0 Å². The molecule has 0 saturated heterocycles. The van der Waals surface area contributed by atoms with Gasteiger partial charge in [0, 0.05) is 38.4 Å². The van der Waals surface area contributed by atoms with E-state index in [0.29, 0.717) is 24.5 Å². The molecule has 0 bridgehead atoms. The number of nitrogens with zero attached hydrogens (tertiary/aromatic N) is 2. The van der Waals surface area contributed by atoms with Crippen LogP contribution < -0.4 is 10.6 Å². The summed E-state index contributed by atoms with van der Waals surface area (Å²) >= 11 is 5.92. The summed E-state index contributed by atoms with van der Waals surface area (Å²) in [5.74, 6) is 0.0844. The number of rotatable bonds is 7. The molecular formula is C14H19ClN4O. The molecule has 0 atom stereocenters. The molecule has 0 fully saturated rings. The number of carbonyl (C=O) groups excluding carboxylic acids is 1. The third kappa shape index (κ3) is 4.21. The van der Waals surface area contributed by atoms with E-state index < -0.39 is 0 Å². The van der Waals surface area contributed by atoms with Crippen LogP contribution in [0.1, 0.15) is 25.5 Å². The molecule has 6 heteroatoms.